The van der Waals surface area contributed by atoms with Crippen molar-refractivity contribution in [1.29, 1.82) is 0 Å². The molecular weight excluding hydrogens is 382 g/mol. The quantitative estimate of drug-likeness (QED) is 0.302. The Labute approximate surface area is 181 Å². The molecule has 0 aliphatic carbocycles. The number of rotatable bonds is 4. The normalized spacial score (nSPS) is 10.8. The summed E-state index contributed by atoms with van der Waals surface area (Å²) in [5.41, 5.74) is 14.2. The van der Waals surface area contributed by atoms with Crippen LogP contribution in [0.3, 0.4) is 0 Å². The Balaban J connectivity index is 1.71. The number of hydrogen-bond acceptors (Lipinski definition) is 2. The molecule has 30 heavy (non-hydrogen) atoms. The van der Waals surface area contributed by atoms with Gasteiger partial charge < -0.3 is 5.73 Å². The molecule has 0 spiro atoms. The zero-order chi connectivity index (χ0) is 20.3. The minimum absolute atomic E-state index is 0.781. The average molecular weight is 404 g/mol. The molecular formula is C28H21NS. The van der Waals surface area contributed by atoms with Gasteiger partial charge >= 0.3 is 0 Å². The van der Waals surface area contributed by atoms with Gasteiger partial charge in [0.25, 0.3) is 0 Å². The van der Waals surface area contributed by atoms with Crippen LogP contribution in [0, 0.1) is 0 Å². The first-order valence-corrected chi connectivity index (χ1v) is 10.8. The maximum absolute atomic E-state index is 6.07. The molecule has 0 aliphatic heterocycles. The highest BCUT2D eigenvalue weighted by molar-refractivity contribution is 7.19. The summed E-state index contributed by atoms with van der Waals surface area (Å²) in [5, 5.41) is 0. The fourth-order valence-corrected chi connectivity index (χ4v) is 5.04. The molecule has 0 unspecified atom stereocenters. The van der Waals surface area contributed by atoms with E-state index in [0.717, 1.165) is 11.3 Å². The van der Waals surface area contributed by atoms with Crippen LogP contribution in [-0.2, 0) is 0 Å². The van der Waals surface area contributed by atoms with Crippen molar-refractivity contribution in [3.63, 3.8) is 0 Å². The topological polar surface area (TPSA) is 26.0 Å². The van der Waals surface area contributed by atoms with E-state index in [1.165, 1.54) is 37.6 Å². The lowest BCUT2D eigenvalue weighted by molar-refractivity contribution is 1.61. The van der Waals surface area contributed by atoms with Gasteiger partial charge in [-0.05, 0) is 46.0 Å². The van der Waals surface area contributed by atoms with Crippen molar-refractivity contribution in [2.75, 3.05) is 5.73 Å². The van der Waals surface area contributed by atoms with Crippen LogP contribution in [0.1, 0.15) is 0 Å². The van der Waals surface area contributed by atoms with Gasteiger partial charge in [-0.1, -0.05) is 97.1 Å². The van der Waals surface area contributed by atoms with Crippen LogP contribution >= 0.6 is 11.3 Å². The zero-order valence-corrected chi connectivity index (χ0v) is 17.3. The van der Waals surface area contributed by atoms with Gasteiger partial charge in [0.1, 0.15) is 0 Å². The van der Waals surface area contributed by atoms with Crippen LogP contribution in [-0.4, -0.2) is 0 Å². The van der Waals surface area contributed by atoms with Crippen LogP contribution < -0.4 is 5.73 Å². The third kappa shape index (κ3) is 3.54. The number of thiophene rings is 1. The van der Waals surface area contributed by atoms with Crippen molar-refractivity contribution >= 4 is 17.0 Å². The molecule has 1 nitrogen and oxygen atoms in total. The van der Waals surface area contributed by atoms with E-state index in [4.69, 9.17) is 5.73 Å². The SMILES string of the molecule is Nc1cccc(-c2ccccc2-c2cc(-c3ccccc3)c(-c3ccccc3)s2)c1. The Kier molecular flexibility index (Phi) is 4.92. The summed E-state index contributed by atoms with van der Waals surface area (Å²) in [6.45, 7) is 0. The van der Waals surface area contributed by atoms with Gasteiger partial charge in [-0.3, -0.25) is 0 Å². The highest BCUT2D eigenvalue weighted by atomic mass is 32.1. The van der Waals surface area contributed by atoms with E-state index in [0.29, 0.717) is 0 Å². The third-order valence-electron chi connectivity index (χ3n) is 5.24. The average Bonchev–Trinajstić information content (AvgIpc) is 3.26. The molecule has 0 saturated carbocycles. The lowest BCUT2D eigenvalue weighted by Gasteiger charge is -2.09. The second-order valence-corrected chi connectivity index (χ2v) is 8.31. The Bertz CT molecular complexity index is 1230. The minimum Gasteiger partial charge on any atom is -0.399 e. The van der Waals surface area contributed by atoms with Crippen molar-refractivity contribution in [2.45, 2.75) is 0 Å². The number of nitrogens with two attached hydrogens (primary N) is 1. The third-order valence-corrected chi connectivity index (χ3v) is 6.46. The van der Waals surface area contributed by atoms with Gasteiger partial charge in [0, 0.05) is 21.0 Å². The highest BCUT2D eigenvalue weighted by Crippen LogP contribution is 2.45. The van der Waals surface area contributed by atoms with Gasteiger partial charge in [-0.2, -0.15) is 0 Å². The number of nitrogen functional groups attached to an aromatic ring is 1. The maximum Gasteiger partial charge on any atom is 0.0427 e. The molecule has 144 valence electrons. The lowest BCUT2D eigenvalue weighted by Crippen LogP contribution is -1.87. The summed E-state index contributed by atoms with van der Waals surface area (Å²) in [6, 6.07) is 40.3. The van der Waals surface area contributed by atoms with Crippen molar-refractivity contribution in [1.82, 2.24) is 0 Å². The second-order valence-electron chi connectivity index (χ2n) is 7.26. The van der Waals surface area contributed by atoms with Crippen LogP contribution in [0.4, 0.5) is 5.69 Å². The van der Waals surface area contributed by atoms with Crippen molar-refractivity contribution in [3.05, 3.63) is 115 Å². The molecule has 0 atom stereocenters. The fraction of sp³-hybridized carbons (Fsp3) is 0. The molecule has 0 bridgehead atoms. The largest absolute Gasteiger partial charge is 0.399 e. The molecule has 5 aromatic rings. The summed E-state index contributed by atoms with van der Waals surface area (Å²) in [4.78, 5) is 2.55. The highest BCUT2D eigenvalue weighted by Gasteiger charge is 2.16. The summed E-state index contributed by atoms with van der Waals surface area (Å²) in [5.74, 6) is 0. The minimum atomic E-state index is 0.781. The van der Waals surface area contributed by atoms with E-state index in [9.17, 15) is 0 Å². The van der Waals surface area contributed by atoms with E-state index in [2.05, 4.69) is 97.1 Å². The predicted octanol–water partition coefficient (Wildman–Crippen LogP) is 8.00. The van der Waals surface area contributed by atoms with Gasteiger partial charge in [-0.15, -0.1) is 11.3 Å². The van der Waals surface area contributed by atoms with E-state index in [-0.39, 0.29) is 0 Å². The molecule has 0 saturated heterocycles. The van der Waals surface area contributed by atoms with Gasteiger partial charge in [0.05, 0.1) is 0 Å². The molecule has 0 radical (unpaired) electrons. The first-order valence-electron chi connectivity index (χ1n) is 9.99. The molecule has 2 N–H and O–H groups in total. The van der Waals surface area contributed by atoms with E-state index in [1.54, 1.807) is 0 Å². The molecule has 0 amide bonds. The summed E-state index contributed by atoms with van der Waals surface area (Å²) in [6.07, 6.45) is 0. The number of benzene rings is 4. The Morgan fingerprint density at radius 2 is 1.07 bits per heavy atom. The van der Waals surface area contributed by atoms with Crippen molar-refractivity contribution < 1.29 is 0 Å². The molecule has 4 aromatic carbocycles. The Hall–Kier alpha value is -3.62. The van der Waals surface area contributed by atoms with E-state index >= 15 is 0 Å². The lowest BCUT2D eigenvalue weighted by atomic mass is 9.97. The molecule has 2 heteroatoms. The van der Waals surface area contributed by atoms with Gasteiger partial charge in [0.2, 0.25) is 0 Å². The summed E-state index contributed by atoms with van der Waals surface area (Å²) >= 11 is 1.84. The monoisotopic (exact) mass is 403 g/mol. The van der Waals surface area contributed by atoms with E-state index < -0.39 is 0 Å². The summed E-state index contributed by atoms with van der Waals surface area (Å²) in [7, 11) is 0. The molecule has 1 heterocycles. The standard InChI is InChI=1S/C28H21NS/c29-23-15-9-14-22(18-23)24-16-7-8-17-25(24)27-19-26(20-10-3-1-4-11-20)28(30-27)21-12-5-2-6-13-21/h1-19H,29H2. The number of anilines is 1. The molecule has 0 fully saturated rings. The van der Waals surface area contributed by atoms with Gasteiger partial charge in [0.15, 0.2) is 0 Å². The first kappa shape index (κ1) is 18.4. The Morgan fingerprint density at radius 3 is 1.77 bits per heavy atom. The molecule has 5 rings (SSSR count). The number of hydrogen-bond donors (Lipinski definition) is 1. The predicted molar refractivity (Wildman–Crippen MR) is 130 cm³/mol. The van der Waals surface area contributed by atoms with Crippen LogP contribution in [0.2, 0.25) is 0 Å². The second kappa shape index (κ2) is 8.02. The molecule has 0 aliphatic rings. The zero-order valence-electron chi connectivity index (χ0n) is 16.5. The van der Waals surface area contributed by atoms with Crippen LogP contribution in [0.15, 0.2) is 115 Å². The smallest absolute Gasteiger partial charge is 0.0427 e. The van der Waals surface area contributed by atoms with Crippen LogP contribution in [0.25, 0.3) is 43.1 Å². The fourth-order valence-electron chi connectivity index (χ4n) is 3.82. The summed E-state index contributed by atoms with van der Waals surface area (Å²) < 4.78 is 0. The van der Waals surface area contributed by atoms with E-state index in [1.807, 2.05) is 29.5 Å². The van der Waals surface area contributed by atoms with Crippen LogP contribution in [0.5, 0.6) is 0 Å². The maximum atomic E-state index is 6.07. The Morgan fingerprint density at radius 1 is 0.467 bits per heavy atom. The van der Waals surface area contributed by atoms with Crippen molar-refractivity contribution in [2.24, 2.45) is 0 Å². The van der Waals surface area contributed by atoms with Crippen molar-refractivity contribution in [3.8, 4) is 43.1 Å². The first-order chi connectivity index (χ1) is 14.8. The molecule has 1 aromatic heterocycles. The van der Waals surface area contributed by atoms with Gasteiger partial charge in [-0.25, -0.2) is 0 Å².